The molecule has 9 heteroatoms. The third-order valence-corrected chi connectivity index (χ3v) is 6.59. The van der Waals surface area contributed by atoms with Gasteiger partial charge in [-0.2, -0.15) is 11.8 Å². The molecule has 37 heavy (non-hydrogen) atoms. The molecule has 1 atom stereocenters. The number of hydrogen-bond acceptors (Lipinski definition) is 7. The maximum absolute atomic E-state index is 13.0. The van der Waals surface area contributed by atoms with E-state index >= 15 is 0 Å². The summed E-state index contributed by atoms with van der Waals surface area (Å²) in [6.45, 7) is 5.48. The van der Waals surface area contributed by atoms with E-state index in [9.17, 15) is 14.7 Å². The highest BCUT2D eigenvalue weighted by molar-refractivity contribution is 7.99. The van der Waals surface area contributed by atoms with Crippen LogP contribution in [0, 0.1) is 0 Å². The fourth-order valence-electron chi connectivity index (χ4n) is 3.52. The largest absolute Gasteiger partial charge is 0.493 e. The summed E-state index contributed by atoms with van der Waals surface area (Å²) in [5, 5.41) is 9.27. The van der Waals surface area contributed by atoms with E-state index in [4.69, 9.17) is 18.9 Å². The molecule has 1 amide bonds. The van der Waals surface area contributed by atoms with Crippen molar-refractivity contribution in [2.24, 2.45) is 0 Å². The predicted molar refractivity (Wildman–Crippen MR) is 146 cm³/mol. The van der Waals surface area contributed by atoms with Gasteiger partial charge in [0.2, 0.25) is 0 Å². The topological polar surface area (TPSA) is 94.5 Å². The molecule has 0 aliphatic rings. The molecule has 2 aromatic rings. The number of nitrogens with zero attached hydrogens (tertiary/aromatic N) is 1. The van der Waals surface area contributed by atoms with Crippen molar-refractivity contribution in [3.05, 3.63) is 54.1 Å². The van der Waals surface area contributed by atoms with Crippen LogP contribution in [0.2, 0.25) is 0 Å². The molecule has 2 aromatic carbocycles. The first-order valence-corrected chi connectivity index (χ1v) is 13.9. The first-order chi connectivity index (χ1) is 18.0. The van der Waals surface area contributed by atoms with Crippen LogP contribution in [-0.2, 0) is 16.0 Å². The second kappa shape index (κ2) is 17.5. The number of rotatable bonds is 18. The van der Waals surface area contributed by atoms with Gasteiger partial charge in [-0.25, -0.2) is 9.59 Å². The van der Waals surface area contributed by atoms with Gasteiger partial charge in [-0.1, -0.05) is 44.0 Å². The highest BCUT2D eigenvalue weighted by Gasteiger charge is 2.19. The average molecular weight is 534 g/mol. The Labute approximate surface area is 224 Å². The molecular formula is C28H39NO7S. The number of hydrogen-bond donors (Lipinski definition) is 1. The van der Waals surface area contributed by atoms with Crippen LogP contribution >= 0.6 is 11.8 Å². The summed E-state index contributed by atoms with van der Waals surface area (Å²) in [6.07, 6.45) is 2.52. The molecule has 2 rings (SSSR count). The van der Waals surface area contributed by atoms with Crippen molar-refractivity contribution >= 4 is 23.8 Å². The standard InChI is InChI=1S/C28H39NO7S/c1-4-6-9-19-37-20-17-29(28(32)36-25-11-8-7-10-24(25)33-3)16-18-35-23-14-12-22(13-15-23)21-26(27(30)31)34-5-2/h7-8,10-15,26H,4-6,9,16-21H2,1-3H3,(H,30,31). The van der Waals surface area contributed by atoms with E-state index in [1.807, 2.05) is 30.0 Å². The van der Waals surface area contributed by atoms with Crippen LogP contribution in [0.4, 0.5) is 4.79 Å². The number of carboxylic acid groups (broad SMARTS) is 1. The third-order valence-electron chi connectivity index (χ3n) is 5.54. The van der Waals surface area contributed by atoms with Crippen LogP contribution < -0.4 is 14.2 Å². The second-order valence-corrected chi connectivity index (χ2v) is 9.53. The van der Waals surface area contributed by atoms with Crippen molar-refractivity contribution in [3.63, 3.8) is 0 Å². The molecule has 0 spiro atoms. The van der Waals surface area contributed by atoms with Crippen molar-refractivity contribution in [3.8, 4) is 17.2 Å². The normalized spacial score (nSPS) is 11.5. The van der Waals surface area contributed by atoms with Gasteiger partial charge in [-0.3, -0.25) is 0 Å². The SMILES string of the molecule is CCCCCSCCN(CCOc1ccc(CC(OCC)C(=O)O)cc1)C(=O)Oc1ccccc1OC. The van der Waals surface area contributed by atoms with Crippen molar-refractivity contribution in [2.75, 3.05) is 44.9 Å². The predicted octanol–water partition coefficient (Wildman–Crippen LogP) is 5.53. The molecule has 0 bridgehead atoms. The zero-order valence-corrected chi connectivity index (χ0v) is 22.8. The first-order valence-electron chi connectivity index (χ1n) is 12.7. The van der Waals surface area contributed by atoms with Gasteiger partial charge in [-0.15, -0.1) is 0 Å². The minimum Gasteiger partial charge on any atom is -0.493 e. The van der Waals surface area contributed by atoms with Crippen LogP contribution in [0.15, 0.2) is 48.5 Å². The number of methoxy groups -OCH3 is 1. The van der Waals surface area contributed by atoms with Gasteiger partial charge in [-0.05, 0) is 48.9 Å². The lowest BCUT2D eigenvalue weighted by atomic mass is 10.1. The van der Waals surface area contributed by atoms with E-state index in [0.29, 0.717) is 36.9 Å². The van der Waals surface area contributed by atoms with Gasteiger partial charge in [0, 0.05) is 25.3 Å². The number of carbonyl (C=O) groups is 2. The molecule has 1 N–H and O–H groups in total. The number of ether oxygens (including phenoxy) is 4. The van der Waals surface area contributed by atoms with Crippen molar-refractivity contribution in [1.82, 2.24) is 4.90 Å². The van der Waals surface area contributed by atoms with E-state index in [2.05, 4.69) is 6.92 Å². The summed E-state index contributed by atoms with van der Waals surface area (Å²) in [7, 11) is 1.54. The first kappa shape index (κ1) is 30.3. The molecule has 8 nitrogen and oxygen atoms in total. The zero-order chi connectivity index (χ0) is 26.9. The number of unbranched alkanes of at least 4 members (excludes halogenated alkanes) is 2. The minimum atomic E-state index is -0.981. The van der Waals surface area contributed by atoms with E-state index in [1.165, 1.54) is 26.4 Å². The fourth-order valence-corrected chi connectivity index (χ4v) is 4.48. The van der Waals surface area contributed by atoms with Crippen LogP contribution in [-0.4, -0.2) is 73.1 Å². The lowest BCUT2D eigenvalue weighted by Gasteiger charge is -2.22. The zero-order valence-electron chi connectivity index (χ0n) is 22.0. The Hall–Kier alpha value is -2.91. The molecule has 0 fully saturated rings. The van der Waals surface area contributed by atoms with Gasteiger partial charge in [0.05, 0.1) is 13.7 Å². The average Bonchev–Trinajstić information content (AvgIpc) is 2.90. The molecule has 0 saturated heterocycles. The Morgan fingerprint density at radius 3 is 2.35 bits per heavy atom. The summed E-state index contributed by atoms with van der Waals surface area (Å²) < 4.78 is 22.1. The van der Waals surface area contributed by atoms with E-state index in [1.54, 1.807) is 42.2 Å². The third kappa shape index (κ3) is 11.3. The summed E-state index contributed by atoms with van der Waals surface area (Å²) in [6, 6.07) is 14.3. The number of para-hydroxylation sites is 2. The van der Waals surface area contributed by atoms with E-state index in [-0.39, 0.29) is 13.0 Å². The minimum absolute atomic E-state index is 0.280. The van der Waals surface area contributed by atoms with Crippen molar-refractivity contribution in [2.45, 2.75) is 45.6 Å². The summed E-state index contributed by atoms with van der Waals surface area (Å²) in [5.41, 5.74) is 0.843. The molecule has 0 heterocycles. The second-order valence-electron chi connectivity index (χ2n) is 8.30. The quantitative estimate of drug-likeness (QED) is 0.250. The van der Waals surface area contributed by atoms with Gasteiger partial charge in [0.25, 0.3) is 0 Å². The summed E-state index contributed by atoms with van der Waals surface area (Å²) >= 11 is 1.83. The number of amides is 1. The summed E-state index contributed by atoms with van der Waals surface area (Å²) in [4.78, 5) is 25.9. The number of carboxylic acids is 1. The van der Waals surface area contributed by atoms with Gasteiger partial charge >= 0.3 is 12.1 Å². The van der Waals surface area contributed by atoms with Gasteiger partial charge < -0.3 is 29.0 Å². The van der Waals surface area contributed by atoms with Crippen molar-refractivity contribution < 1.29 is 33.6 Å². The lowest BCUT2D eigenvalue weighted by Crippen LogP contribution is -2.38. The van der Waals surface area contributed by atoms with Crippen LogP contribution in [0.1, 0.15) is 38.7 Å². The van der Waals surface area contributed by atoms with E-state index in [0.717, 1.165) is 17.1 Å². The Kier molecular flexibility index (Phi) is 14.4. The highest BCUT2D eigenvalue weighted by Crippen LogP contribution is 2.26. The number of benzene rings is 2. The smallest absolute Gasteiger partial charge is 0.415 e. The number of thioether (sulfide) groups is 1. The van der Waals surface area contributed by atoms with Crippen molar-refractivity contribution in [1.29, 1.82) is 0 Å². The van der Waals surface area contributed by atoms with E-state index < -0.39 is 18.2 Å². The molecule has 0 aromatic heterocycles. The fraction of sp³-hybridized carbons (Fsp3) is 0.500. The maximum atomic E-state index is 13.0. The Bertz CT molecular complexity index is 938. The molecule has 0 radical (unpaired) electrons. The molecule has 0 saturated carbocycles. The Morgan fingerprint density at radius 2 is 1.70 bits per heavy atom. The maximum Gasteiger partial charge on any atom is 0.415 e. The molecule has 0 aliphatic heterocycles. The Morgan fingerprint density at radius 1 is 0.973 bits per heavy atom. The van der Waals surface area contributed by atoms with Crippen LogP contribution in [0.25, 0.3) is 0 Å². The Balaban J connectivity index is 1.92. The van der Waals surface area contributed by atoms with Crippen LogP contribution in [0.5, 0.6) is 17.2 Å². The lowest BCUT2D eigenvalue weighted by molar-refractivity contribution is -0.149. The molecule has 0 aliphatic carbocycles. The highest BCUT2D eigenvalue weighted by atomic mass is 32.2. The number of aliphatic carboxylic acids is 1. The number of carbonyl (C=O) groups excluding carboxylic acids is 1. The van der Waals surface area contributed by atoms with Crippen LogP contribution in [0.3, 0.4) is 0 Å². The molecular weight excluding hydrogens is 494 g/mol. The molecule has 1 unspecified atom stereocenters. The monoisotopic (exact) mass is 533 g/mol. The molecule has 204 valence electrons. The van der Waals surface area contributed by atoms with Gasteiger partial charge in [0.1, 0.15) is 12.4 Å². The van der Waals surface area contributed by atoms with Gasteiger partial charge in [0.15, 0.2) is 17.6 Å². The summed E-state index contributed by atoms with van der Waals surface area (Å²) in [5.74, 6) is 2.40.